The van der Waals surface area contributed by atoms with Crippen LogP contribution in [0.5, 0.6) is 11.5 Å². The molecule has 1 amide bonds. The van der Waals surface area contributed by atoms with Gasteiger partial charge in [-0.2, -0.15) is 0 Å². The minimum atomic E-state index is -0.441. The number of fused-ring (bicyclic) bond motifs is 1. The fourth-order valence-corrected chi connectivity index (χ4v) is 3.60. The molecular formula is C17H19N3O4S. The Hall–Kier alpha value is -2.22. The van der Waals surface area contributed by atoms with Crippen molar-refractivity contribution < 1.29 is 18.7 Å². The number of aromatic nitrogens is 2. The summed E-state index contributed by atoms with van der Waals surface area (Å²) in [6.07, 6.45) is 4.09. The van der Waals surface area contributed by atoms with Crippen LogP contribution in [0.15, 0.2) is 33.9 Å². The Kier molecular flexibility index (Phi) is 4.78. The second kappa shape index (κ2) is 7.35. The van der Waals surface area contributed by atoms with Crippen LogP contribution >= 0.6 is 11.8 Å². The molecule has 7 nitrogen and oxygen atoms in total. The molecule has 0 spiro atoms. The fraction of sp³-hybridized carbons (Fsp3) is 0.471. The van der Waals surface area contributed by atoms with Gasteiger partial charge in [0.25, 0.3) is 11.1 Å². The van der Waals surface area contributed by atoms with Crippen molar-refractivity contribution >= 4 is 17.7 Å². The van der Waals surface area contributed by atoms with Crippen molar-refractivity contribution in [3.05, 3.63) is 30.2 Å². The van der Waals surface area contributed by atoms with Crippen molar-refractivity contribution in [1.82, 2.24) is 15.5 Å². The number of nitrogens with zero attached hydrogens (tertiary/aromatic N) is 2. The van der Waals surface area contributed by atoms with E-state index in [-0.39, 0.29) is 11.7 Å². The normalized spacial score (nSPS) is 19.8. The SMILES string of the molecule is O=C(CSc1nnc([C@@H]2COc3ccccc3O2)o1)NC1CCCC1. The van der Waals surface area contributed by atoms with Gasteiger partial charge in [-0.1, -0.05) is 36.7 Å². The predicted octanol–water partition coefficient (Wildman–Crippen LogP) is 2.73. The highest BCUT2D eigenvalue weighted by Crippen LogP contribution is 2.35. The van der Waals surface area contributed by atoms with Crippen molar-refractivity contribution in [2.45, 2.75) is 43.1 Å². The topological polar surface area (TPSA) is 86.5 Å². The minimum absolute atomic E-state index is 0.00262. The Labute approximate surface area is 149 Å². The Morgan fingerprint density at radius 2 is 2.00 bits per heavy atom. The molecule has 1 aliphatic heterocycles. The monoisotopic (exact) mass is 361 g/mol. The van der Waals surface area contributed by atoms with Gasteiger partial charge in [-0.15, -0.1) is 10.2 Å². The number of rotatable bonds is 5. The third-order valence-corrected chi connectivity index (χ3v) is 5.07. The van der Waals surface area contributed by atoms with Crippen molar-refractivity contribution in [3.8, 4) is 11.5 Å². The van der Waals surface area contributed by atoms with Gasteiger partial charge in [-0.25, -0.2) is 0 Å². The van der Waals surface area contributed by atoms with Crippen LogP contribution in [0.2, 0.25) is 0 Å². The Balaban J connectivity index is 1.31. The quantitative estimate of drug-likeness (QED) is 0.819. The van der Waals surface area contributed by atoms with Crippen molar-refractivity contribution in [2.75, 3.05) is 12.4 Å². The Morgan fingerprint density at radius 3 is 2.84 bits per heavy atom. The summed E-state index contributed by atoms with van der Waals surface area (Å²) in [5.41, 5.74) is 0. The lowest BCUT2D eigenvalue weighted by atomic mass is 10.2. The lowest BCUT2D eigenvalue weighted by Gasteiger charge is -2.23. The molecule has 1 aromatic carbocycles. The molecule has 1 aliphatic carbocycles. The number of nitrogens with one attached hydrogen (secondary N) is 1. The molecule has 1 fully saturated rings. The smallest absolute Gasteiger partial charge is 0.277 e. The number of thioether (sulfide) groups is 1. The highest BCUT2D eigenvalue weighted by Gasteiger charge is 2.27. The average Bonchev–Trinajstić information content (AvgIpc) is 3.31. The second-order valence-corrected chi connectivity index (χ2v) is 7.03. The number of para-hydroxylation sites is 2. The molecule has 1 saturated carbocycles. The molecule has 1 aromatic heterocycles. The zero-order valence-electron chi connectivity index (χ0n) is 13.6. The minimum Gasteiger partial charge on any atom is -0.485 e. The van der Waals surface area contributed by atoms with Crippen molar-refractivity contribution in [3.63, 3.8) is 0 Å². The second-order valence-electron chi connectivity index (χ2n) is 6.11. The predicted molar refractivity (Wildman–Crippen MR) is 90.7 cm³/mol. The number of carbonyl (C=O) groups is 1. The Morgan fingerprint density at radius 1 is 1.20 bits per heavy atom. The molecule has 0 radical (unpaired) electrons. The molecule has 2 aromatic rings. The van der Waals surface area contributed by atoms with E-state index in [9.17, 15) is 4.79 Å². The third kappa shape index (κ3) is 3.89. The lowest BCUT2D eigenvalue weighted by molar-refractivity contribution is -0.119. The van der Waals surface area contributed by atoms with Crippen LogP contribution in [0.3, 0.4) is 0 Å². The van der Waals surface area contributed by atoms with Gasteiger partial charge in [-0.3, -0.25) is 4.79 Å². The van der Waals surface area contributed by atoms with E-state index in [1.54, 1.807) is 0 Å². The first-order valence-electron chi connectivity index (χ1n) is 8.42. The molecule has 4 rings (SSSR count). The molecule has 25 heavy (non-hydrogen) atoms. The van der Waals surface area contributed by atoms with Crippen LogP contribution in [0.4, 0.5) is 0 Å². The number of carbonyl (C=O) groups excluding carboxylic acids is 1. The van der Waals surface area contributed by atoms with Gasteiger partial charge in [0.2, 0.25) is 12.0 Å². The summed E-state index contributed by atoms with van der Waals surface area (Å²) in [6.45, 7) is 0.311. The average molecular weight is 361 g/mol. The summed E-state index contributed by atoms with van der Waals surface area (Å²) in [5.74, 6) is 1.98. The highest BCUT2D eigenvalue weighted by molar-refractivity contribution is 7.99. The standard InChI is InChI=1S/C17H19N3O4S/c21-15(18-11-5-1-2-6-11)10-25-17-20-19-16(24-17)14-9-22-12-7-3-4-8-13(12)23-14/h3-4,7-8,11,14H,1-2,5-6,9-10H2,(H,18,21)/t14-/m0/s1. The summed E-state index contributed by atoms with van der Waals surface area (Å²) in [4.78, 5) is 12.0. The maximum atomic E-state index is 12.0. The maximum Gasteiger partial charge on any atom is 0.277 e. The first-order valence-corrected chi connectivity index (χ1v) is 9.40. The summed E-state index contributed by atoms with van der Waals surface area (Å²) in [5, 5.41) is 11.4. The summed E-state index contributed by atoms with van der Waals surface area (Å²) < 4.78 is 17.1. The van der Waals surface area contributed by atoms with Gasteiger partial charge in [-0.05, 0) is 25.0 Å². The Bertz CT molecular complexity index is 745. The molecule has 2 heterocycles. The molecule has 132 valence electrons. The van der Waals surface area contributed by atoms with E-state index >= 15 is 0 Å². The first kappa shape index (κ1) is 16.3. The summed E-state index contributed by atoms with van der Waals surface area (Å²) >= 11 is 1.23. The molecule has 0 bridgehead atoms. The number of hydrogen-bond acceptors (Lipinski definition) is 7. The van der Waals surface area contributed by atoms with Gasteiger partial charge >= 0.3 is 0 Å². The van der Waals surface area contributed by atoms with E-state index in [4.69, 9.17) is 13.9 Å². The van der Waals surface area contributed by atoms with Crippen molar-refractivity contribution in [1.29, 1.82) is 0 Å². The van der Waals surface area contributed by atoms with Gasteiger partial charge < -0.3 is 19.2 Å². The number of hydrogen-bond donors (Lipinski definition) is 1. The highest BCUT2D eigenvalue weighted by atomic mass is 32.2. The van der Waals surface area contributed by atoms with E-state index < -0.39 is 6.10 Å². The molecule has 0 saturated heterocycles. The number of ether oxygens (including phenoxy) is 2. The largest absolute Gasteiger partial charge is 0.485 e. The fourth-order valence-electron chi connectivity index (χ4n) is 3.02. The van der Waals surface area contributed by atoms with Gasteiger partial charge in [0.05, 0.1) is 5.75 Å². The van der Waals surface area contributed by atoms with E-state index in [0.717, 1.165) is 12.8 Å². The number of amides is 1. The van der Waals surface area contributed by atoms with Crippen LogP contribution in [0.25, 0.3) is 0 Å². The van der Waals surface area contributed by atoms with Crippen LogP contribution in [-0.2, 0) is 4.79 Å². The van der Waals surface area contributed by atoms with E-state index in [1.807, 2.05) is 24.3 Å². The van der Waals surface area contributed by atoms with Crippen LogP contribution in [0, 0.1) is 0 Å². The molecule has 8 heteroatoms. The van der Waals surface area contributed by atoms with Gasteiger partial charge in [0.1, 0.15) is 6.61 Å². The first-order chi connectivity index (χ1) is 12.3. The molecule has 1 N–H and O–H groups in total. The zero-order chi connectivity index (χ0) is 17.1. The van der Waals surface area contributed by atoms with E-state index in [1.165, 1.54) is 24.6 Å². The van der Waals surface area contributed by atoms with Crippen LogP contribution < -0.4 is 14.8 Å². The van der Waals surface area contributed by atoms with Crippen LogP contribution in [-0.4, -0.2) is 34.5 Å². The van der Waals surface area contributed by atoms with Crippen LogP contribution in [0.1, 0.15) is 37.7 Å². The zero-order valence-corrected chi connectivity index (χ0v) is 14.5. The van der Waals surface area contributed by atoms with Gasteiger partial charge in [0, 0.05) is 6.04 Å². The molecular weight excluding hydrogens is 342 g/mol. The van der Waals surface area contributed by atoms with E-state index in [0.29, 0.717) is 35.3 Å². The van der Waals surface area contributed by atoms with E-state index in [2.05, 4.69) is 15.5 Å². The summed E-state index contributed by atoms with van der Waals surface area (Å²) in [6, 6.07) is 7.77. The summed E-state index contributed by atoms with van der Waals surface area (Å²) in [7, 11) is 0. The molecule has 2 aliphatic rings. The number of benzene rings is 1. The maximum absolute atomic E-state index is 12.0. The lowest BCUT2D eigenvalue weighted by Crippen LogP contribution is -2.33. The van der Waals surface area contributed by atoms with Crippen molar-refractivity contribution in [2.24, 2.45) is 0 Å². The molecule has 0 unspecified atom stereocenters. The third-order valence-electron chi connectivity index (χ3n) is 4.25. The molecule has 1 atom stereocenters. The van der Waals surface area contributed by atoms with Gasteiger partial charge in [0.15, 0.2) is 11.5 Å².